The first kappa shape index (κ1) is 29.1. The van der Waals surface area contributed by atoms with Crippen molar-refractivity contribution >= 4 is 60.9 Å². The molecule has 0 saturated heterocycles. The maximum Gasteiger partial charge on any atom is 0.145 e. The molecule has 0 amide bonds. The van der Waals surface area contributed by atoms with Gasteiger partial charge in [-0.3, -0.25) is 0 Å². The Morgan fingerprint density at radius 1 is 0.314 bits per heavy atom. The van der Waals surface area contributed by atoms with Crippen LogP contribution in [0.4, 0.5) is 17.1 Å². The Labute approximate surface area is 295 Å². The van der Waals surface area contributed by atoms with E-state index in [4.69, 9.17) is 8.83 Å². The molecule has 0 aliphatic heterocycles. The number of fused-ring (bicyclic) bond motifs is 6. The summed E-state index contributed by atoms with van der Waals surface area (Å²) >= 11 is 0. The third kappa shape index (κ3) is 4.74. The normalized spacial score (nSPS) is 11.5. The first-order valence-electron chi connectivity index (χ1n) is 17.3. The van der Waals surface area contributed by atoms with Gasteiger partial charge in [0.15, 0.2) is 0 Å². The van der Waals surface area contributed by atoms with E-state index >= 15 is 0 Å². The Morgan fingerprint density at radius 3 is 1.61 bits per heavy atom. The van der Waals surface area contributed by atoms with Crippen LogP contribution in [-0.2, 0) is 0 Å². The SMILES string of the molecule is c1ccc(-c2ccccc2N(c2ccccc2)c2ccc(-c3ccccc3-c3cccc4c3oc3ccccc34)c3oc4ccccc4c23)cc1. The summed E-state index contributed by atoms with van der Waals surface area (Å²) in [5, 5.41) is 4.36. The van der Waals surface area contributed by atoms with E-state index in [1.54, 1.807) is 0 Å². The molecule has 3 nitrogen and oxygen atoms in total. The maximum absolute atomic E-state index is 6.89. The van der Waals surface area contributed by atoms with Crippen LogP contribution in [0, 0.1) is 0 Å². The molecule has 0 atom stereocenters. The first-order chi connectivity index (χ1) is 25.3. The minimum absolute atomic E-state index is 0.844. The summed E-state index contributed by atoms with van der Waals surface area (Å²) in [6.45, 7) is 0. The number of benzene rings is 8. The van der Waals surface area contributed by atoms with Gasteiger partial charge >= 0.3 is 0 Å². The van der Waals surface area contributed by atoms with Crippen molar-refractivity contribution in [2.75, 3.05) is 4.90 Å². The van der Waals surface area contributed by atoms with Crippen LogP contribution in [0.2, 0.25) is 0 Å². The predicted octanol–water partition coefficient (Wildman–Crippen LogP) is 14.0. The molecule has 0 spiro atoms. The summed E-state index contributed by atoms with van der Waals surface area (Å²) in [6.07, 6.45) is 0. The second kappa shape index (κ2) is 11.9. The minimum Gasteiger partial charge on any atom is -0.455 e. The van der Waals surface area contributed by atoms with E-state index < -0.39 is 0 Å². The highest BCUT2D eigenvalue weighted by Gasteiger charge is 2.25. The zero-order valence-electron chi connectivity index (χ0n) is 27.7. The number of anilines is 3. The van der Waals surface area contributed by atoms with Gasteiger partial charge in [-0.05, 0) is 59.2 Å². The Balaban J connectivity index is 1.25. The summed E-state index contributed by atoms with van der Waals surface area (Å²) in [5.74, 6) is 0. The molecule has 0 aliphatic carbocycles. The lowest BCUT2D eigenvalue weighted by Gasteiger charge is -2.29. The summed E-state index contributed by atoms with van der Waals surface area (Å²) in [7, 11) is 0. The predicted molar refractivity (Wildman–Crippen MR) is 212 cm³/mol. The molecule has 10 aromatic rings. The highest BCUT2D eigenvalue weighted by atomic mass is 16.3. The van der Waals surface area contributed by atoms with Crippen molar-refractivity contribution in [2.24, 2.45) is 0 Å². The lowest BCUT2D eigenvalue weighted by Crippen LogP contribution is -2.11. The quantitative estimate of drug-likeness (QED) is 0.179. The van der Waals surface area contributed by atoms with Crippen molar-refractivity contribution in [1.29, 1.82) is 0 Å². The van der Waals surface area contributed by atoms with Crippen molar-refractivity contribution in [2.45, 2.75) is 0 Å². The molecule has 2 aromatic heterocycles. The molecular formula is C48H31NO2. The highest BCUT2D eigenvalue weighted by molar-refractivity contribution is 6.18. The molecule has 0 saturated carbocycles. The molecule has 0 N–H and O–H groups in total. The van der Waals surface area contributed by atoms with Crippen LogP contribution < -0.4 is 4.90 Å². The third-order valence-electron chi connectivity index (χ3n) is 9.90. The molecule has 3 heteroatoms. The first-order valence-corrected chi connectivity index (χ1v) is 17.3. The fourth-order valence-corrected chi connectivity index (χ4v) is 7.64. The fourth-order valence-electron chi connectivity index (χ4n) is 7.64. The van der Waals surface area contributed by atoms with E-state index in [1.807, 2.05) is 18.2 Å². The lowest BCUT2D eigenvalue weighted by atomic mass is 9.92. The highest BCUT2D eigenvalue weighted by Crippen LogP contribution is 2.49. The van der Waals surface area contributed by atoms with E-state index in [-0.39, 0.29) is 0 Å². The maximum atomic E-state index is 6.89. The number of hydrogen-bond acceptors (Lipinski definition) is 3. The van der Waals surface area contributed by atoms with Gasteiger partial charge in [-0.2, -0.15) is 0 Å². The molecule has 0 unspecified atom stereocenters. The van der Waals surface area contributed by atoms with Gasteiger partial charge in [-0.25, -0.2) is 0 Å². The average molecular weight is 654 g/mol. The largest absolute Gasteiger partial charge is 0.455 e. The van der Waals surface area contributed by atoms with Crippen LogP contribution in [0.3, 0.4) is 0 Å². The zero-order valence-corrected chi connectivity index (χ0v) is 27.7. The van der Waals surface area contributed by atoms with Crippen LogP contribution in [0.5, 0.6) is 0 Å². The van der Waals surface area contributed by atoms with Crippen LogP contribution >= 0.6 is 0 Å². The van der Waals surface area contributed by atoms with E-state index in [1.165, 1.54) is 0 Å². The molecule has 0 aliphatic rings. The molecule has 240 valence electrons. The van der Waals surface area contributed by atoms with Gasteiger partial charge in [-0.15, -0.1) is 0 Å². The van der Waals surface area contributed by atoms with Gasteiger partial charge in [0, 0.05) is 38.5 Å². The molecule has 2 heterocycles. The van der Waals surface area contributed by atoms with E-state index in [9.17, 15) is 0 Å². The number of nitrogens with zero attached hydrogens (tertiary/aromatic N) is 1. The smallest absolute Gasteiger partial charge is 0.145 e. The summed E-state index contributed by atoms with van der Waals surface area (Å²) in [4.78, 5) is 2.37. The second-order valence-electron chi connectivity index (χ2n) is 12.8. The van der Waals surface area contributed by atoms with Crippen molar-refractivity contribution in [1.82, 2.24) is 0 Å². The van der Waals surface area contributed by atoms with Gasteiger partial charge in [-0.1, -0.05) is 146 Å². The number of rotatable bonds is 6. The molecule has 51 heavy (non-hydrogen) atoms. The van der Waals surface area contributed by atoms with E-state index in [2.05, 4.69) is 175 Å². The van der Waals surface area contributed by atoms with Crippen molar-refractivity contribution in [3.05, 3.63) is 188 Å². The van der Waals surface area contributed by atoms with Crippen LogP contribution in [0.15, 0.2) is 197 Å². The average Bonchev–Trinajstić information content (AvgIpc) is 3.79. The number of para-hydroxylation sites is 5. The molecule has 10 rings (SSSR count). The van der Waals surface area contributed by atoms with Crippen molar-refractivity contribution in [3.63, 3.8) is 0 Å². The summed E-state index contributed by atoms with van der Waals surface area (Å²) in [6, 6.07) is 66.0. The number of furan rings is 2. The minimum atomic E-state index is 0.844. The Bertz CT molecular complexity index is 2860. The van der Waals surface area contributed by atoms with E-state index in [0.717, 1.165) is 94.3 Å². The number of hydrogen-bond donors (Lipinski definition) is 0. The topological polar surface area (TPSA) is 29.5 Å². The zero-order chi connectivity index (χ0) is 33.7. The standard InChI is InChI=1S/C48H31NO2/c1-3-16-32(17-4-1)34-20-9-12-27-42(34)49(33-18-5-2-6-19-33)43-31-30-40(48-46(43)41-24-11-14-29-45(41)51-48)36-22-8-7-21-35(36)38-25-15-26-39-37-23-10-13-28-44(37)50-47(38)39/h1-31H. The Kier molecular flexibility index (Phi) is 6.81. The molecule has 0 radical (unpaired) electrons. The van der Waals surface area contributed by atoms with Crippen molar-refractivity contribution in [3.8, 4) is 33.4 Å². The van der Waals surface area contributed by atoms with Crippen LogP contribution in [-0.4, -0.2) is 0 Å². The monoisotopic (exact) mass is 653 g/mol. The molecule has 0 bridgehead atoms. The summed E-state index contributed by atoms with van der Waals surface area (Å²) in [5.41, 5.74) is 13.2. The third-order valence-corrected chi connectivity index (χ3v) is 9.90. The fraction of sp³-hybridized carbons (Fsp3) is 0. The van der Waals surface area contributed by atoms with Crippen LogP contribution in [0.1, 0.15) is 0 Å². The Morgan fingerprint density at radius 2 is 0.843 bits per heavy atom. The lowest BCUT2D eigenvalue weighted by molar-refractivity contribution is 0.669. The van der Waals surface area contributed by atoms with Crippen molar-refractivity contribution < 1.29 is 8.83 Å². The molecule has 0 fully saturated rings. The molecule has 8 aromatic carbocycles. The van der Waals surface area contributed by atoms with Gasteiger partial charge in [0.1, 0.15) is 22.3 Å². The Hall–Kier alpha value is -6.84. The van der Waals surface area contributed by atoms with Gasteiger partial charge in [0.25, 0.3) is 0 Å². The van der Waals surface area contributed by atoms with Gasteiger partial charge < -0.3 is 13.7 Å². The second-order valence-corrected chi connectivity index (χ2v) is 12.8. The van der Waals surface area contributed by atoms with E-state index in [0.29, 0.717) is 0 Å². The van der Waals surface area contributed by atoms with Crippen LogP contribution in [0.25, 0.3) is 77.3 Å². The summed E-state index contributed by atoms with van der Waals surface area (Å²) < 4.78 is 13.4. The van der Waals surface area contributed by atoms with Gasteiger partial charge in [0.2, 0.25) is 0 Å². The van der Waals surface area contributed by atoms with Gasteiger partial charge in [0.05, 0.1) is 16.8 Å². The molecular weight excluding hydrogens is 623 g/mol.